The highest BCUT2D eigenvalue weighted by Gasteiger charge is 2.35. The van der Waals surface area contributed by atoms with Crippen molar-refractivity contribution < 1.29 is 14.3 Å². The van der Waals surface area contributed by atoms with E-state index in [9.17, 15) is 9.59 Å². The second kappa shape index (κ2) is 12.9. The number of nitrogens with zero attached hydrogens (tertiary/aromatic N) is 3. The SMILES string of the molecule is CCN(CC)C(=O)C1=C(C)N=c2s/c(=C/c3cc(Br)ccc3OCc3ccccc3)c(=O)n2[C@@H]1c1ccccc1OC. The molecule has 2 heterocycles. The zero-order chi connectivity index (χ0) is 29.8. The van der Waals surface area contributed by atoms with Crippen LogP contribution in [-0.4, -0.2) is 35.6 Å². The van der Waals surface area contributed by atoms with Gasteiger partial charge in [-0.15, -0.1) is 0 Å². The highest BCUT2D eigenvalue weighted by Crippen LogP contribution is 2.36. The van der Waals surface area contributed by atoms with Gasteiger partial charge in [0.1, 0.15) is 24.1 Å². The Hall–Kier alpha value is -3.95. The molecule has 5 rings (SSSR count). The van der Waals surface area contributed by atoms with Crippen LogP contribution in [0, 0.1) is 0 Å². The van der Waals surface area contributed by atoms with Crippen molar-refractivity contribution in [3.63, 3.8) is 0 Å². The third-order valence-electron chi connectivity index (χ3n) is 7.23. The summed E-state index contributed by atoms with van der Waals surface area (Å²) in [5, 5.41) is 0. The van der Waals surface area contributed by atoms with Crippen LogP contribution in [0.25, 0.3) is 6.08 Å². The van der Waals surface area contributed by atoms with Crippen molar-refractivity contribution in [1.29, 1.82) is 0 Å². The summed E-state index contributed by atoms with van der Waals surface area (Å²) >= 11 is 4.85. The summed E-state index contributed by atoms with van der Waals surface area (Å²) in [6.45, 7) is 7.21. The summed E-state index contributed by atoms with van der Waals surface area (Å²) in [5.41, 5.74) is 3.35. The average molecular weight is 647 g/mol. The summed E-state index contributed by atoms with van der Waals surface area (Å²) < 4.78 is 14.9. The smallest absolute Gasteiger partial charge is 0.271 e. The molecule has 1 aliphatic heterocycles. The fourth-order valence-corrected chi connectivity index (χ4v) is 6.52. The number of amides is 1. The molecule has 42 heavy (non-hydrogen) atoms. The van der Waals surface area contributed by atoms with Gasteiger partial charge >= 0.3 is 0 Å². The summed E-state index contributed by atoms with van der Waals surface area (Å²) in [6.07, 6.45) is 1.83. The van der Waals surface area contributed by atoms with E-state index in [1.165, 1.54) is 11.3 Å². The molecular weight excluding hydrogens is 614 g/mol. The number of allylic oxidation sites excluding steroid dienone is 1. The van der Waals surface area contributed by atoms with E-state index in [0.29, 0.717) is 51.8 Å². The molecule has 9 heteroatoms. The molecule has 0 aliphatic carbocycles. The lowest BCUT2D eigenvalue weighted by Gasteiger charge is -2.29. The van der Waals surface area contributed by atoms with E-state index in [4.69, 9.17) is 14.5 Å². The quantitative estimate of drug-likeness (QED) is 0.243. The van der Waals surface area contributed by atoms with Gasteiger partial charge in [0, 0.05) is 28.7 Å². The van der Waals surface area contributed by atoms with Gasteiger partial charge in [0.2, 0.25) is 0 Å². The number of ether oxygens (including phenoxy) is 2. The Morgan fingerprint density at radius 3 is 2.48 bits per heavy atom. The van der Waals surface area contributed by atoms with Crippen LogP contribution >= 0.6 is 27.3 Å². The summed E-state index contributed by atoms with van der Waals surface area (Å²) in [4.78, 5) is 35.1. The minimum absolute atomic E-state index is 0.143. The Morgan fingerprint density at radius 2 is 1.76 bits per heavy atom. The van der Waals surface area contributed by atoms with Gasteiger partial charge in [0.25, 0.3) is 11.5 Å². The van der Waals surface area contributed by atoms with E-state index in [0.717, 1.165) is 21.2 Å². The number of halogens is 1. The number of aromatic nitrogens is 1. The number of carbonyl (C=O) groups is 1. The zero-order valence-corrected chi connectivity index (χ0v) is 26.4. The highest BCUT2D eigenvalue weighted by molar-refractivity contribution is 9.10. The van der Waals surface area contributed by atoms with E-state index >= 15 is 0 Å². The molecular formula is C33H32BrN3O4S. The molecule has 4 aromatic rings. The van der Waals surface area contributed by atoms with Gasteiger partial charge in [0.05, 0.1) is 22.9 Å². The molecule has 1 amide bonds. The van der Waals surface area contributed by atoms with Gasteiger partial charge in [-0.25, -0.2) is 4.99 Å². The summed E-state index contributed by atoms with van der Waals surface area (Å²) in [7, 11) is 1.59. The van der Waals surface area contributed by atoms with E-state index in [2.05, 4.69) is 15.9 Å². The first kappa shape index (κ1) is 29.5. The normalized spacial score (nSPS) is 14.8. The van der Waals surface area contributed by atoms with Crippen LogP contribution in [0.15, 0.2) is 98.3 Å². The number of hydrogen-bond donors (Lipinski definition) is 0. The molecule has 1 aliphatic rings. The fourth-order valence-electron chi connectivity index (χ4n) is 5.10. The van der Waals surface area contributed by atoms with Crippen LogP contribution < -0.4 is 24.4 Å². The Labute approximate surface area is 257 Å². The van der Waals surface area contributed by atoms with Crippen LogP contribution in [0.5, 0.6) is 11.5 Å². The largest absolute Gasteiger partial charge is 0.496 e. The van der Waals surface area contributed by atoms with Crippen LogP contribution in [0.1, 0.15) is 43.5 Å². The van der Waals surface area contributed by atoms with Crippen molar-refractivity contribution in [2.75, 3.05) is 20.2 Å². The maximum absolute atomic E-state index is 14.2. The van der Waals surface area contributed by atoms with Gasteiger partial charge in [-0.3, -0.25) is 14.2 Å². The number of carbonyl (C=O) groups excluding carboxylic acids is 1. The van der Waals surface area contributed by atoms with Crippen LogP contribution in [0.3, 0.4) is 0 Å². The Morgan fingerprint density at radius 1 is 1.05 bits per heavy atom. The lowest BCUT2D eigenvalue weighted by atomic mass is 9.94. The first-order chi connectivity index (χ1) is 20.4. The van der Waals surface area contributed by atoms with Gasteiger partial charge in [0.15, 0.2) is 4.80 Å². The molecule has 0 bridgehead atoms. The van der Waals surface area contributed by atoms with Gasteiger partial charge in [-0.2, -0.15) is 0 Å². The molecule has 0 saturated carbocycles. The molecule has 0 N–H and O–H groups in total. The Bertz CT molecular complexity index is 1820. The second-order valence-electron chi connectivity index (χ2n) is 9.76. The molecule has 1 aromatic heterocycles. The monoisotopic (exact) mass is 645 g/mol. The maximum atomic E-state index is 14.2. The van der Waals surface area contributed by atoms with Crippen molar-refractivity contribution in [1.82, 2.24) is 9.47 Å². The Kier molecular flexibility index (Phi) is 9.09. The van der Waals surface area contributed by atoms with E-state index < -0.39 is 6.04 Å². The molecule has 0 saturated heterocycles. The minimum Gasteiger partial charge on any atom is -0.496 e. The predicted molar refractivity (Wildman–Crippen MR) is 170 cm³/mol. The third kappa shape index (κ3) is 5.84. The lowest BCUT2D eigenvalue weighted by molar-refractivity contribution is -0.127. The number of methoxy groups -OCH3 is 1. The van der Waals surface area contributed by atoms with Crippen molar-refractivity contribution >= 4 is 39.2 Å². The number of rotatable bonds is 9. The zero-order valence-electron chi connectivity index (χ0n) is 24.0. The highest BCUT2D eigenvalue weighted by atomic mass is 79.9. The van der Waals surface area contributed by atoms with Gasteiger partial charge < -0.3 is 14.4 Å². The number of hydrogen-bond acceptors (Lipinski definition) is 6. The predicted octanol–water partition coefficient (Wildman–Crippen LogP) is 5.45. The molecule has 0 fully saturated rings. The molecule has 0 unspecified atom stereocenters. The molecule has 0 radical (unpaired) electrons. The number of fused-ring (bicyclic) bond motifs is 1. The van der Waals surface area contributed by atoms with Crippen LogP contribution in [-0.2, 0) is 11.4 Å². The first-order valence-corrected chi connectivity index (χ1v) is 15.4. The first-order valence-electron chi connectivity index (χ1n) is 13.8. The topological polar surface area (TPSA) is 73.1 Å². The van der Waals surface area contributed by atoms with Gasteiger partial charge in [-0.05, 0) is 56.7 Å². The average Bonchev–Trinajstić information content (AvgIpc) is 3.30. The van der Waals surface area contributed by atoms with E-state index in [1.54, 1.807) is 16.6 Å². The molecule has 7 nitrogen and oxygen atoms in total. The van der Waals surface area contributed by atoms with Gasteiger partial charge in [-0.1, -0.05) is 75.8 Å². The number of para-hydroxylation sites is 1. The molecule has 3 aromatic carbocycles. The van der Waals surface area contributed by atoms with Crippen molar-refractivity contribution in [2.45, 2.75) is 33.4 Å². The number of likely N-dealkylation sites (N-methyl/N-ethyl adjacent to an activating group) is 1. The Balaban J connectivity index is 1.67. The lowest BCUT2D eigenvalue weighted by Crippen LogP contribution is -2.43. The summed E-state index contributed by atoms with van der Waals surface area (Å²) in [6, 6.07) is 22.5. The van der Waals surface area contributed by atoms with Crippen molar-refractivity contribution in [3.05, 3.63) is 125 Å². The minimum atomic E-state index is -0.691. The van der Waals surface area contributed by atoms with E-state index in [-0.39, 0.29) is 11.5 Å². The van der Waals surface area contributed by atoms with E-state index in [1.807, 2.05) is 99.6 Å². The standard InChI is InChI=1S/C33H32BrN3O4S/c1-5-36(6-2)32(39)29-21(3)35-33-37(30(29)25-14-10-11-15-27(25)40-4)31(38)28(42-33)19-23-18-24(34)16-17-26(23)41-20-22-12-8-7-9-13-22/h7-19,30H,5-6,20H2,1-4H3/b28-19+/t30-/m1/s1. The maximum Gasteiger partial charge on any atom is 0.271 e. The number of thiazole rings is 1. The second-order valence-corrected chi connectivity index (χ2v) is 11.7. The fraction of sp³-hybridized carbons (Fsp3) is 0.242. The summed E-state index contributed by atoms with van der Waals surface area (Å²) in [5.74, 6) is 1.11. The van der Waals surface area contributed by atoms with Crippen molar-refractivity contribution in [2.24, 2.45) is 4.99 Å². The molecule has 0 spiro atoms. The van der Waals surface area contributed by atoms with Crippen molar-refractivity contribution in [3.8, 4) is 11.5 Å². The third-order valence-corrected chi connectivity index (χ3v) is 8.71. The van der Waals surface area contributed by atoms with Crippen LogP contribution in [0.4, 0.5) is 0 Å². The van der Waals surface area contributed by atoms with Crippen LogP contribution in [0.2, 0.25) is 0 Å². The molecule has 216 valence electrons. The molecule has 1 atom stereocenters. The number of benzene rings is 3.